The minimum Gasteiger partial charge on any atom is -0.508 e. The maximum atomic E-state index is 10.9. The molecule has 0 bridgehead atoms. The van der Waals surface area contributed by atoms with Gasteiger partial charge in [0.25, 0.3) is 5.69 Å². The molecule has 1 aromatic carbocycles. The summed E-state index contributed by atoms with van der Waals surface area (Å²) >= 11 is 0. The van der Waals surface area contributed by atoms with Crippen molar-refractivity contribution in [1.82, 2.24) is 10.6 Å². The Labute approximate surface area is 105 Å². The normalized spacial score (nSPS) is 19.4. The highest BCUT2D eigenvalue weighted by Crippen LogP contribution is 2.28. The van der Waals surface area contributed by atoms with Crippen LogP contribution < -0.4 is 10.6 Å². The Morgan fingerprint density at radius 2 is 2.18 bits per heavy atom. The van der Waals surface area contributed by atoms with Crippen molar-refractivity contribution in [3.63, 3.8) is 0 Å². The van der Waals surface area contributed by atoms with Crippen molar-refractivity contribution in [2.45, 2.75) is 6.04 Å². The Morgan fingerprint density at radius 3 is 2.76 bits per heavy atom. The van der Waals surface area contributed by atoms with E-state index in [1.165, 1.54) is 18.2 Å². The van der Waals surface area contributed by atoms with E-state index in [9.17, 15) is 15.2 Å². The molecule has 94 valence electrons. The van der Waals surface area contributed by atoms with Gasteiger partial charge in [-0.1, -0.05) is 0 Å². The molecule has 0 radical (unpaired) electrons. The summed E-state index contributed by atoms with van der Waals surface area (Å²) in [4.78, 5) is 10.4. The highest BCUT2D eigenvalue weighted by molar-refractivity contribution is 5.85. The van der Waals surface area contributed by atoms with Crippen LogP contribution in [0, 0.1) is 10.1 Å². The average molecular weight is 260 g/mol. The van der Waals surface area contributed by atoms with Gasteiger partial charge in [-0.05, 0) is 12.1 Å². The Balaban J connectivity index is 0.00000144. The predicted octanol–water partition coefficient (Wildman–Crippen LogP) is 0.956. The zero-order chi connectivity index (χ0) is 11.5. The van der Waals surface area contributed by atoms with Gasteiger partial charge in [0.05, 0.1) is 16.5 Å². The zero-order valence-corrected chi connectivity index (χ0v) is 9.87. The van der Waals surface area contributed by atoms with Gasteiger partial charge in [0.15, 0.2) is 0 Å². The van der Waals surface area contributed by atoms with Crippen molar-refractivity contribution in [3.8, 4) is 5.75 Å². The summed E-state index contributed by atoms with van der Waals surface area (Å²) < 4.78 is 0. The standard InChI is InChI=1S/C10H13N3O3.ClH/c14-7-1-2-10(13(15)16)8(5-7)9-6-11-3-4-12-9;/h1-2,5,9,11-12,14H,3-4,6H2;1H/t9-;/m0./s1. The number of hydrogen-bond acceptors (Lipinski definition) is 5. The molecule has 1 aromatic rings. The molecule has 6 nitrogen and oxygen atoms in total. The predicted molar refractivity (Wildman–Crippen MR) is 65.6 cm³/mol. The van der Waals surface area contributed by atoms with E-state index in [0.717, 1.165) is 13.1 Å². The first-order chi connectivity index (χ1) is 7.68. The molecule has 0 saturated carbocycles. The molecule has 0 aromatic heterocycles. The van der Waals surface area contributed by atoms with Gasteiger partial charge < -0.3 is 15.7 Å². The number of halogens is 1. The third-order valence-electron chi connectivity index (χ3n) is 2.62. The lowest BCUT2D eigenvalue weighted by Crippen LogP contribution is -2.42. The molecule has 1 atom stereocenters. The topological polar surface area (TPSA) is 87.4 Å². The largest absolute Gasteiger partial charge is 0.508 e. The summed E-state index contributed by atoms with van der Waals surface area (Å²) in [5.41, 5.74) is 0.566. The minimum atomic E-state index is -0.426. The Hall–Kier alpha value is -1.37. The van der Waals surface area contributed by atoms with Gasteiger partial charge in [-0.25, -0.2) is 0 Å². The molecule has 0 spiro atoms. The number of nitro benzene ring substituents is 1. The third kappa shape index (κ3) is 3.06. The second-order valence-electron chi connectivity index (χ2n) is 3.71. The number of nitrogens with one attached hydrogen (secondary N) is 2. The summed E-state index contributed by atoms with van der Waals surface area (Å²) in [5, 5.41) is 26.6. The van der Waals surface area contributed by atoms with Gasteiger partial charge in [-0.15, -0.1) is 12.4 Å². The van der Waals surface area contributed by atoms with E-state index < -0.39 is 4.92 Å². The SMILES string of the molecule is Cl.O=[N+]([O-])c1ccc(O)cc1[C@@H]1CNCCN1. The molecule has 1 fully saturated rings. The van der Waals surface area contributed by atoms with Crippen molar-refractivity contribution in [2.75, 3.05) is 19.6 Å². The molecule has 0 aliphatic carbocycles. The Bertz CT molecular complexity index is 408. The second-order valence-corrected chi connectivity index (χ2v) is 3.71. The monoisotopic (exact) mass is 259 g/mol. The number of nitrogens with zero attached hydrogens (tertiary/aromatic N) is 1. The summed E-state index contributed by atoms with van der Waals surface area (Å²) in [6.07, 6.45) is 0. The number of hydrogen-bond donors (Lipinski definition) is 3. The molecule has 1 aliphatic heterocycles. The first kappa shape index (κ1) is 13.7. The molecule has 1 saturated heterocycles. The average Bonchev–Trinajstić information content (AvgIpc) is 2.29. The van der Waals surface area contributed by atoms with E-state index in [-0.39, 0.29) is 29.9 Å². The fraction of sp³-hybridized carbons (Fsp3) is 0.400. The van der Waals surface area contributed by atoms with Crippen LogP contribution in [-0.2, 0) is 0 Å². The number of rotatable bonds is 2. The van der Waals surface area contributed by atoms with E-state index in [1.807, 2.05) is 0 Å². The lowest BCUT2D eigenvalue weighted by atomic mass is 10.0. The van der Waals surface area contributed by atoms with Crippen molar-refractivity contribution >= 4 is 18.1 Å². The molecule has 3 N–H and O–H groups in total. The maximum absolute atomic E-state index is 10.9. The molecule has 1 heterocycles. The zero-order valence-electron chi connectivity index (χ0n) is 9.05. The van der Waals surface area contributed by atoms with Crippen LogP contribution in [0.5, 0.6) is 5.75 Å². The highest BCUT2D eigenvalue weighted by atomic mass is 35.5. The Kier molecular flexibility index (Phi) is 4.68. The quantitative estimate of drug-likeness (QED) is 0.544. The van der Waals surface area contributed by atoms with Crippen LogP contribution in [0.2, 0.25) is 0 Å². The molecule has 17 heavy (non-hydrogen) atoms. The van der Waals surface area contributed by atoms with Crippen LogP contribution in [-0.4, -0.2) is 29.7 Å². The highest BCUT2D eigenvalue weighted by Gasteiger charge is 2.23. The van der Waals surface area contributed by atoms with Gasteiger partial charge in [-0.2, -0.15) is 0 Å². The smallest absolute Gasteiger partial charge is 0.274 e. The lowest BCUT2D eigenvalue weighted by Gasteiger charge is -2.24. The van der Waals surface area contributed by atoms with Crippen LogP contribution in [0.15, 0.2) is 18.2 Å². The molecule has 1 aliphatic rings. The lowest BCUT2D eigenvalue weighted by molar-refractivity contribution is -0.385. The molecule has 7 heteroatoms. The van der Waals surface area contributed by atoms with Crippen LogP contribution in [0.3, 0.4) is 0 Å². The van der Waals surface area contributed by atoms with E-state index in [0.29, 0.717) is 12.1 Å². The van der Waals surface area contributed by atoms with Gasteiger partial charge in [-0.3, -0.25) is 10.1 Å². The van der Waals surface area contributed by atoms with Crippen LogP contribution in [0.1, 0.15) is 11.6 Å². The second kappa shape index (κ2) is 5.81. The van der Waals surface area contributed by atoms with Crippen LogP contribution in [0.25, 0.3) is 0 Å². The van der Waals surface area contributed by atoms with E-state index in [4.69, 9.17) is 0 Å². The first-order valence-corrected chi connectivity index (χ1v) is 5.10. The maximum Gasteiger partial charge on any atom is 0.274 e. The summed E-state index contributed by atoms with van der Waals surface area (Å²) in [7, 11) is 0. The third-order valence-corrected chi connectivity index (χ3v) is 2.62. The minimum absolute atomic E-state index is 0. The van der Waals surface area contributed by atoms with Crippen molar-refractivity contribution in [2.24, 2.45) is 0 Å². The van der Waals surface area contributed by atoms with Gasteiger partial charge >= 0.3 is 0 Å². The van der Waals surface area contributed by atoms with E-state index >= 15 is 0 Å². The van der Waals surface area contributed by atoms with Crippen LogP contribution >= 0.6 is 12.4 Å². The van der Waals surface area contributed by atoms with Gasteiger partial charge in [0, 0.05) is 25.7 Å². The van der Waals surface area contributed by atoms with Gasteiger partial charge in [0.1, 0.15) is 5.75 Å². The number of phenols is 1. The summed E-state index contributed by atoms with van der Waals surface area (Å²) in [6, 6.07) is 3.99. The molecule has 0 amide bonds. The summed E-state index contributed by atoms with van der Waals surface area (Å²) in [6.45, 7) is 2.24. The van der Waals surface area contributed by atoms with Gasteiger partial charge in [0.2, 0.25) is 0 Å². The van der Waals surface area contributed by atoms with E-state index in [1.54, 1.807) is 0 Å². The van der Waals surface area contributed by atoms with Crippen molar-refractivity contribution in [3.05, 3.63) is 33.9 Å². The molecular formula is C10H14ClN3O3. The number of phenolic OH excluding ortho intramolecular Hbond substituents is 1. The molecule has 2 rings (SSSR count). The first-order valence-electron chi connectivity index (χ1n) is 5.10. The fourth-order valence-electron chi connectivity index (χ4n) is 1.86. The van der Waals surface area contributed by atoms with Crippen molar-refractivity contribution in [1.29, 1.82) is 0 Å². The number of aromatic hydroxyl groups is 1. The number of benzene rings is 1. The molecule has 0 unspecified atom stereocenters. The number of piperazine rings is 1. The molecular weight excluding hydrogens is 246 g/mol. The summed E-state index contributed by atoms with van der Waals surface area (Å²) in [5.74, 6) is 0.0490. The van der Waals surface area contributed by atoms with Crippen LogP contribution in [0.4, 0.5) is 5.69 Å². The van der Waals surface area contributed by atoms with Crippen molar-refractivity contribution < 1.29 is 10.0 Å². The fourth-order valence-corrected chi connectivity index (χ4v) is 1.86. The number of nitro groups is 1. The Morgan fingerprint density at radius 1 is 1.41 bits per heavy atom. The van der Waals surface area contributed by atoms with E-state index in [2.05, 4.69) is 10.6 Å².